The summed E-state index contributed by atoms with van der Waals surface area (Å²) in [5.74, 6) is 6.14. The minimum atomic E-state index is -0.983. The van der Waals surface area contributed by atoms with Crippen LogP contribution in [-0.2, 0) is 4.79 Å². The van der Waals surface area contributed by atoms with Crippen LogP contribution in [0.3, 0.4) is 0 Å². The van der Waals surface area contributed by atoms with Gasteiger partial charge in [0.05, 0.1) is 26.0 Å². The summed E-state index contributed by atoms with van der Waals surface area (Å²) in [6, 6.07) is 1.87. The van der Waals surface area contributed by atoms with Crippen molar-refractivity contribution in [3.05, 3.63) is 27.0 Å². The first-order valence-corrected chi connectivity index (χ1v) is 15.8. The SMILES string of the molecule is Cc1ncc(SC2CCC(N(C(=O)C3CCC(C)CC3)c3cc(C#CC(C)(C)C)sc3C(=O)O)CC2)s1. The van der Waals surface area contributed by atoms with Crippen molar-refractivity contribution in [2.45, 2.75) is 101 Å². The van der Waals surface area contributed by atoms with Gasteiger partial charge in [-0.05, 0) is 91.0 Å². The van der Waals surface area contributed by atoms with Gasteiger partial charge in [0.1, 0.15) is 4.88 Å². The van der Waals surface area contributed by atoms with Crippen LogP contribution in [0.5, 0.6) is 0 Å². The number of hydrogen-bond donors (Lipinski definition) is 1. The highest BCUT2D eigenvalue weighted by atomic mass is 32.2. The van der Waals surface area contributed by atoms with Crippen molar-refractivity contribution in [2.24, 2.45) is 17.3 Å². The molecule has 2 aromatic heterocycles. The molecule has 4 rings (SSSR count). The highest BCUT2D eigenvalue weighted by Crippen LogP contribution is 2.42. The Kier molecular flexibility index (Phi) is 9.09. The molecule has 8 heteroatoms. The number of thiazole rings is 1. The second kappa shape index (κ2) is 11.9. The number of aromatic nitrogens is 1. The molecule has 2 aromatic rings. The maximum Gasteiger partial charge on any atom is 0.348 e. The van der Waals surface area contributed by atoms with Gasteiger partial charge in [0, 0.05) is 22.6 Å². The van der Waals surface area contributed by atoms with E-state index in [1.54, 1.807) is 11.3 Å². The van der Waals surface area contributed by atoms with E-state index in [0.29, 0.717) is 21.7 Å². The van der Waals surface area contributed by atoms with Gasteiger partial charge in [-0.1, -0.05) is 18.8 Å². The molecule has 5 nitrogen and oxygen atoms in total. The van der Waals surface area contributed by atoms with Gasteiger partial charge in [-0.2, -0.15) is 0 Å². The maximum atomic E-state index is 14.1. The number of aromatic carboxylic acids is 1. The minimum Gasteiger partial charge on any atom is -0.477 e. The normalized spacial score (nSPS) is 24.2. The summed E-state index contributed by atoms with van der Waals surface area (Å²) in [7, 11) is 0. The highest BCUT2D eigenvalue weighted by Gasteiger charge is 2.37. The van der Waals surface area contributed by atoms with Crippen molar-refractivity contribution in [2.75, 3.05) is 4.90 Å². The molecule has 37 heavy (non-hydrogen) atoms. The van der Waals surface area contributed by atoms with Crippen LogP contribution in [0.25, 0.3) is 0 Å². The van der Waals surface area contributed by atoms with Gasteiger partial charge >= 0.3 is 5.97 Å². The van der Waals surface area contributed by atoms with E-state index in [1.807, 2.05) is 56.6 Å². The second-order valence-electron chi connectivity index (χ2n) is 11.5. The van der Waals surface area contributed by atoms with Crippen LogP contribution in [0.1, 0.15) is 98.6 Å². The predicted molar refractivity (Wildman–Crippen MR) is 155 cm³/mol. The molecule has 200 valence electrons. The zero-order valence-corrected chi connectivity index (χ0v) is 25.0. The molecule has 1 amide bonds. The number of aryl methyl sites for hydroxylation is 1. The summed E-state index contributed by atoms with van der Waals surface area (Å²) >= 11 is 4.82. The van der Waals surface area contributed by atoms with Crippen LogP contribution in [0, 0.1) is 36.0 Å². The zero-order chi connectivity index (χ0) is 26.7. The standard InChI is InChI=1S/C29H38N2O3S3/c1-18-6-8-20(9-7-18)27(32)31(21-10-12-22(13-11-21)36-25-17-30-19(2)35-25)24-16-23(14-15-29(3,4)5)37-26(24)28(33)34/h16-18,20-22H,6-13H2,1-5H3,(H,33,34). The lowest BCUT2D eigenvalue weighted by Crippen LogP contribution is -2.46. The molecule has 2 saturated carbocycles. The van der Waals surface area contributed by atoms with Crippen molar-refractivity contribution in [3.8, 4) is 11.8 Å². The lowest BCUT2D eigenvalue weighted by Gasteiger charge is -2.39. The molecular formula is C29H38N2O3S3. The topological polar surface area (TPSA) is 70.5 Å². The van der Waals surface area contributed by atoms with Crippen molar-refractivity contribution >= 4 is 52.0 Å². The van der Waals surface area contributed by atoms with Crippen LogP contribution in [0.4, 0.5) is 5.69 Å². The van der Waals surface area contributed by atoms with Crippen LogP contribution in [-0.4, -0.2) is 33.3 Å². The minimum absolute atomic E-state index is 0.0167. The predicted octanol–water partition coefficient (Wildman–Crippen LogP) is 7.87. The monoisotopic (exact) mass is 558 g/mol. The molecule has 0 bridgehead atoms. The van der Waals surface area contributed by atoms with E-state index in [1.165, 1.54) is 15.5 Å². The maximum absolute atomic E-state index is 14.1. The average molecular weight is 559 g/mol. The molecule has 0 unspecified atom stereocenters. The lowest BCUT2D eigenvalue weighted by molar-refractivity contribution is -0.124. The summed E-state index contributed by atoms with van der Waals surface area (Å²) in [5, 5.41) is 11.7. The smallest absolute Gasteiger partial charge is 0.348 e. The van der Waals surface area contributed by atoms with Gasteiger partial charge in [-0.3, -0.25) is 4.79 Å². The largest absolute Gasteiger partial charge is 0.477 e. The Labute approximate surface area is 233 Å². The van der Waals surface area contributed by atoms with Crippen molar-refractivity contribution in [1.29, 1.82) is 0 Å². The number of anilines is 1. The third-order valence-electron chi connectivity index (χ3n) is 7.22. The van der Waals surface area contributed by atoms with Gasteiger partial charge in [0.25, 0.3) is 0 Å². The molecule has 0 aliphatic heterocycles. The van der Waals surface area contributed by atoms with E-state index in [-0.39, 0.29) is 28.2 Å². The number of carbonyl (C=O) groups is 2. The molecule has 0 radical (unpaired) electrons. The van der Waals surface area contributed by atoms with Gasteiger partial charge in [0.2, 0.25) is 5.91 Å². The summed E-state index contributed by atoms with van der Waals surface area (Å²) in [5.41, 5.74) is 0.364. The zero-order valence-electron chi connectivity index (χ0n) is 22.5. The number of amides is 1. The number of carboxylic acids is 1. The van der Waals surface area contributed by atoms with Crippen molar-refractivity contribution in [3.63, 3.8) is 0 Å². The van der Waals surface area contributed by atoms with Gasteiger partial charge in [-0.15, -0.1) is 34.4 Å². The number of carboxylic acid groups (broad SMARTS) is 1. The Bertz CT molecular complexity index is 1170. The third kappa shape index (κ3) is 7.40. The van der Waals surface area contributed by atoms with Crippen molar-refractivity contribution in [1.82, 2.24) is 4.98 Å². The first-order valence-electron chi connectivity index (χ1n) is 13.3. The summed E-state index contributed by atoms with van der Waals surface area (Å²) in [6.07, 6.45) is 9.60. The Morgan fingerprint density at radius 2 is 1.76 bits per heavy atom. The van der Waals surface area contributed by atoms with E-state index in [2.05, 4.69) is 23.7 Å². The molecule has 1 N–H and O–H groups in total. The van der Waals surface area contributed by atoms with E-state index in [4.69, 9.17) is 0 Å². The Balaban J connectivity index is 1.61. The number of thioether (sulfide) groups is 1. The van der Waals surface area contributed by atoms with E-state index < -0.39 is 5.97 Å². The number of thiophene rings is 1. The number of nitrogens with zero attached hydrogens (tertiary/aromatic N) is 2. The quantitative estimate of drug-likeness (QED) is 0.365. The molecule has 2 aliphatic carbocycles. The summed E-state index contributed by atoms with van der Waals surface area (Å²) in [6.45, 7) is 10.4. The van der Waals surface area contributed by atoms with Crippen LogP contribution >= 0.6 is 34.4 Å². The number of hydrogen-bond acceptors (Lipinski definition) is 6. The molecule has 2 heterocycles. The van der Waals surface area contributed by atoms with Gasteiger partial charge in [-0.25, -0.2) is 9.78 Å². The summed E-state index contributed by atoms with van der Waals surface area (Å²) in [4.78, 5) is 33.6. The van der Waals surface area contributed by atoms with Crippen LogP contribution in [0.2, 0.25) is 0 Å². The Hall–Kier alpha value is -1.82. The van der Waals surface area contributed by atoms with E-state index in [0.717, 1.165) is 56.4 Å². The lowest BCUT2D eigenvalue weighted by atomic mass is 9.81. The van der Waals surface area contributed by atoms with Crippen molar-refractivity contribution < 1.29 is 14.7 Å². The molecular weight excluding hydrogens is 521 g/mol. The molecule has 2 fully saturated rings. The number of carbonyl (C=O) groups excluding carboxylic acids is 1. The first kappa shape index (κ1) is 28.2. The Morgan fingerprint density at radius 3 is 2.32 bits per heavy atom. The van der Waals surface area contributed by atoms with Crippen LogP contribution < -0.4 is 4.90 Å². The fraction of sp³-hybridized carbons (Fsp3) is 0.621. The average Bonchev–Trinajstić information content (AvgIpc) is 3.45. The molecule has 0 saturated heterocycles. The first-order chi connectivity index (χ1) is 17.5. The molecule has 2 aliphatic rings. The van der Waals surface area contributed by atoms with Crippen LogP contribution in [0.15, 0.2) is 16.5 Å². The number of rotatable bonds is 6. The fourth-order valence-electron chi connectivity index (χ4n) is 5.21. The molecule has 0 spiro atoms. The van der Waals surface area contributed by atoms with E-state index >= 15 is 0 Å². The van der Waals surface area contributed by atoms with Gasteiger partial charge in [0.15, 0.2) is 0 Å². The van der Waals surface area contributed by atoms with Gasteiger partial charge < -0.3 is 10.0 Å². The second-order valence-corrected chi connectivity index (χ2v) is 15.4. The molecule has 0 aromatic carbocycles. The fourth-order valence-corrected chi connectivity index (χ4v) is 8.46. The summed E-state index contributed by atoms with van der Waals surface area (Å²) < 4.78 is 1.25. The Morgan fingerprint density at radius 1 is 1.08 bits per heavy atom. The van der Waals surface area contributed by atoms with E-state index in [9.17, 15) is 14.7 Å². The highest BCUT2D eigenvalue weighted by molar-refractivity contribution is 8.01. The third-order valence-corrected chi connectivity index (χ3v) is 10.6. The molecule has 0 atom stereocenters.